The Balaban J connectivity index is 1.61. The molecule has 2 N–H and O–H groups in total. The smallest absolute Gasteiger partial charge is 0.233 e. The van der Waals surface area contributed by atoms with E-state index in [4.69, 9.17) is 0 Å². The molecular weight excluding hydrogens is 554 g/mol. The molecule has 5 heteroatoms. The van der Waals surface area contributed by atoms with Crippen LogP contribution in [0.3, 0.4) is 0 Å². The topological polar surface area (TPSA) is 49.3 Å². The van der Waals surface area contributed by atoms with Gasteiger partial charge in [-0.1, -0.05) is 88.7 Å². The lowest BCUT2D eigenvalue weighted by Crippen LogP contribution is -2.37. The van der Waals surface area contributed by atoms with Gasteiger partial charge in [0.25, 0.3) is 0 Å². The number of hydrogen-bond acceptors (Lipinski definition) is 2. The van der Waals surface area contributed by atoms with E-state index in [2.05, 4.69) is 68.4 Å². The first-order valence-corrected chi connectivity index (χ1v) is 12.8. The minimum absolute atomic E-state index is 0.0291. The van der Waals surface area contributed by atoms with Crippen LogP contribution in [0.4, 0.5) is 5.69 Å². The number of nitrogens with one attached hydrogen (secondary N) is 1. The molecule has 1 heterocycles. The predicted molar refractivity (Wildman–Crippen MR) is 144 cm³/mol. The molecule has 2 unspecified atom stereocenters. The first-order chi connectivity index (χ1) is 16.4. The zero-order valence-electron chi connectivity index (χ0n) is 18.4. The van der Waals surface area contributed by atoms with Crippen LogP contribution in [-0.2, 0) is 16.6 Å². The molecular formula is C29H21Br2NO2. The third-order valence-electron chi connectivity index (χ3n) is 7.33. The van der Waals surface area contributed by atoms with Crippen molar-refractivity contribution >= 4 is 60.3 Å². The van der Waals surface area contributed by atoms with E-state index >= 15 is 0 Å². The Morgan fingerprint density at radius 3 is 2.62 bits per heavy atom. The summed E-state index contributed by atoms with van der Waals surface area (Å²) in [6, 6.07) is 22.1. The van der Waals surface area contributed by atoms with E-state index in [0.717, 1.165) is 53.2 Å². The molecule has 34 heavy (non-hydrogen) atoms. The lowest BCUT2D eigenvalue weighted by Gasteiger charge is -2.35. The first kappa shape index (κ1) is 21.6. The molecule has 0 radical (unpaired) electrons. The SMILES string of the molecule is Cc1c(Br)cc(Br)c2c1C(C1(Cc3ccc4ccccc4c3O)C=Cc3ccccc31)C(=O)N2. The first-order valence-electron chi connectivity index (χ1n) is 11.2. The van der Waals surface area contributed by atoms with E-state index in [1.54, 1.807) is 0 Å². The normalized spacial score (nSPS) is 20.4. The van der Waals surface area contributed by atoms with E-state index < -0.39 is 11.3 Å². The molecule has 0 saturated carbocycles. The molecule has 0 fully saturated rings. The van der Waals surface area contributed by atoms with E-state index in [0.29, 0.717) is 6.42 Å². The van der Waals surface area contributed by atoms with E-state index in [1.807, 2.05) is 54.6 Å². The van der Waals surface area contributed by atoms with Crippen molar-refractivity contribution < 1.29 is 9.90 Å². The summed E-state index contributed by atoms with van der Waals surface area (Å²) in [7, 11) is 0. The van der Waals surface area contributed by atoms with Gasteiger partial charge in [0.1, 0.15) is 5.75 Å². The predicted octanol–water partition coefficient (Wildman–Crippen LogP) is 7.62. The molecule has 2 atom stereocenters. The second kappa shape index (κ2) is 7.82. The van der Waals surface area contributed by atoms with Crippen molar-refractivity contribution in [3.63, 3.8) is 0 Å². The standard InChI is InChI=1S/C29H21Br2NO2/c1-16-22(30)14-23(31)26-24(16)25(28(34)32-26)29(13-12-18-7-3-5-9-21(18)29)15-19-11-10-17-6-2-4-8-20(17)27(19)33/h2-14,25,33H,15H2,1H3,(H,32,34). The van der Waals surface area contributed by atoms with Crippen molar-refractivity contribution in [2.45, 2.75) is 24.7 Å². The number of rotatable bonds is 3. The van der Waals surface area contributed by atoms with Crippen molar-refractivity contribution in [1.82, 2.24) is 0 Å². The molecule has 6 rings (SSSR count). The molecule has 0 spiro atoms. The quantitative estimate of drug-likeness (QED) is 0.264. The number of aromatic hydroxyl groups is 1. The highest BCUT2D eigenvalue weighted by atomic mass is 79.9. The highest BCUT2D eigenvalue weighted by Gasteiger charge is 2.51. The molecule has 2 aliphatic rings. The Labute approximate surface area is 214 Å². The van der Waals surface area contributed by atoms with Gasteiger partial charge in [0, 0.05) is 19.7 Å². The number of allylic oxidation sites excluding steroid dienone is 1. The molecule has 4 aromatic carbocycles. The maximum Gasteiger partial charge on any atom is 0.233 e. The van der Waals surface area contributed by atoms with Crippen LogP contribution in [0.5, 0.6) is 5.75 Å². The van der Waals surface area contributed by atoms with Gasteiger partial charge in [-0.25, -0.2) is 0 Å². The van der Waals surface area contributed by atoms with E-state index in [-0.39, 0.29) is 11.7 Å². The Bertz CT molecular complexity index is 1540. The molecule has 3 nitrogen and oxygen atoms in total. The number of phenols is 1. The Hall–Kier alpha value is -2.89. The maximum atomic E-state index is 13.7. The van der Waals surface area contributed by atoms with E-state index in [1.165, 1.54) is 0 Å². The highest BCUT2D eigenvalue weighted by Crippen LogP contribution is 2.56. The Morgan fingerprint density at radius 1 is 1.00 bits per heavy atom. The van der Waals surface area contributed by atoms with Gasteiger partial charge in [0.05, 0.1) is 11.6 Å². The molecule has 0 bridgehead atoms. The third-order valence-corrected chi connectivity index (χ3v) is 8.78. The summed E-state index contributed by atoms with van der Waals surface area (Å²) in [5.41, 5.74) is 5.26. The summed E-state index contributed by atoms with van der Waals surface area (Å²) < 4.78 is 1.81. The third kappa shape index (κ3) is 3.03. The fourth-order valence-corrected chi connectivity index (χ4v) is 6.99. The van der Waals surface area contributed by atoms with Gasteiger partial charge in [-0.15, -0.1) is 0 Å². The van der Waals surface area contributed by atoms with Gasteiger partial charge in [-0.3, -0.25) is 4.79 Å². The Morgan fingerprint density at radius 2 is 1.76 bits per heavy atom. The summed E-state index contributed by atoms with van der Waals surface area (Å²) in [5.74, 6) is -0.193. The van der Waals surface area contributed by atoms with Crippen LogP contribution < -0.4 is 5.32 Å². The van der Waals surface area contributed by atoms with Crippen LogP contribution in [0.1, 0.15) is 33.7 Å². The molecule has 0 aromatic heterocycles. The number of halogens is 2. The van der Waals surface area contributed by atoms with Gasteiger partial charge < -0.3 is 10.4 Å². The van der Waals surface area contributed by atoms with Crippen LogP contribution in [0.15, 0.2) is 81.8 Å². The average molecular weight is 575 g/mol. The zero-order chi connectivity index (χ0) is 23.6. The number of amides is 1. The van der Waals surface area contributed by atoms with Gasteiger partial charge in [-0.2, -0.15) is 0 Å². The number of carbonyl (C=O) groups excluding carboxylic acids is 1. The van der Waals surface area contributed by atoms with Crippen molar-refractivity contribution in [2.75, 3.05) is 5.32 Å². The largest absolute Gasteiger partial charge is 0.507 e. The molecule has 168 valence electrons. The monoisotopic (exact) mass is 573 g/mol. The zero-order valence-corrected chi connectivity index (χ0v) is 21.6. The number of fused-ring (bicyclic) bond motifs is 3. The summed E-state index contributed by atoms with van der Waals surface area (Å²) >= 11 is 7.33. The second-order valence-corrected chi connectivity index (χ2v) is 10.8. The summed E-state index contributed by atoms with van der Waals surface area (Å²) in [6.45, 7) is 2.05. The lowest BCUT2D eigenvalue weighted by atomic mass is 9.65. The Kier molecular flexibility index (Phi) is 4.98. The number of anilines is 1. The van der Waals surface area contributed by atoms with Crippen molar-refractivity contribution in [3.05, 3.63) is 110 Å². The fraction of sp³-hybridized carbons (Fsp3) is 0.138. The number of benzene rings is 4. The van der Waals surface area contributed by atoms with Gasteiger partial charge in [-0.05, 0) is 68.5 Å². The van der Waals surface area contributed by atoms with Crippen LogP contribution in [0.2, 0.25) is 0 Å². The highest BCUT2D eigenvalue weighted by molar-refractivity contribution is 9.11. The lowest BCUT2D eigenvalue weighted by molar-refractivity contribution is -0.118. The summed E-state index contributed by atoms with van der Waals surface area (Å²) in [6.07, 6.45) is 4.78. The van der Waals surface area contributed by atoms with Gasteiger partial charge in [0.15, 0.2) is 0 Å². The number of phenolic OH excluding ortho intramolecular Hbond substituents is 1. The fourth-order valence-electron chi connectivity index (χ4n) is 5.70. The molecule has 1 amide bonds. The summed E-state index contributed by atoms with van der Waals surface area (Å²) in [4.78, 5) is 13.7. The van der Waals surface area contributed by atoms with Crippen LogP contribution in [-0.4, -0.2) is 11.0 Å². The number of hydrogen-bond donors (Lipinski definition) is 2. The molecule has 0 saturated heterocycles. The van der Waals surface area contributed by atoms with Crippen LogP contribution in [0.25, 0.3) is 16.8 Å². The van der Waals surface area contributed by atoms with E-state index in [9.17, 15) is 9.90 Å². The van der Waals surface area contributed by atoms with Crippen molar-refractivity contribution in [2.24, 2.45) is 0 Å². The van der Waals surface area contributed by atoms with Gasteiger partial charge in [0.2, 0.25) is 5.91 Å². The molecule has 1 aliphatic heterocycles. The van der Waals surface area contributed by atoms with Crippen molar-refractivity contribution in [3.8, 4) is 5.75 Å². The average Bonchev–Trinajstić information content (AvgIpc) is 3.39. The molecule has 4 aromatic rings. The van der Waals surface area contributed by atoms with Crippen LogP contribution in [0, 0.1) is 6.92 Å². The summed E-state index contributed by atoms with van der Waals surface area (Å²) in [5, 5.41) is 16.2. The van der Waals surface area contributed by atoms with Gasteiger partial charge >= 0.3 is 0 Å². The molecule has 1 aliphatic carbocycles. The number of carbonyl (C=O) groups is 1. The van der Waals surface area contributed by atoms with Crippen LogP contribution >= 0.6 is 31.9 Å². The van der Waals surface area contributed by atoms with Crippen molar-refractivity contribution in [1.29, 1.82) is 0 Å². The maximum absolute atomic E-state index is 13.7. The second-order valence-electron chi connectivity index (χ2n) is 9.11. The minimum Gasteiger partial charge on any atom is -0.507 e. The minimum atomic E-state index is -0.642.